The number of nitrogens with zero attached hydrogens (tertiary/aromatic N) is 1. The first-order valence-electron chi connectivity index (χ1n) is 4.80. The molecule has 6 heteroatoms. The van der Waals surface area contributed by atoms with E-state index in [0.717, 1.165) is 0 Å². The van der Waals surface area contributed by atoms with E-state index < -0.39 is 17.9 Å². The van der Waals surface area contributed by atoms with Gasteiger partial charge in [0.05, 0.1) is 18.2 Å². The van der Waals surface area contributed by atoms with Crippen molar-refractivity contribution >= 4 is 11.8 Å². The minimum absolute atomic E-state index is 0.242. The van der Waals surface area contributed by atoms with Crippen LogP contribution < -0.4 is 11.1 Å². The van der Waals surface area contributed by atoms with E-state index in [0.29, 0.717) is 11.1 Å². The molecule has 6 nitrogen and oxygen atoms in total. The molecule has 0 aromatic heterocycles. The van der Waals surface area contributed by atoms with Crippen molar-refractivity contribution in [2.75, 3.05) is 6.54 Å². The van der Waals surface area contributed by atoms with Crippen LogP contribution in [0.3, 0.4) is 0 Å². The maximum atomic E-state index is 11.5. The topological polar surface area (TPSA) is 116 Å². The Hall–Kier alpha value is -2.39. The van der Waals surface area contributed by atoms with Crippen LogP contribution in [0.2, 0.25) is 0 Å². The fourth-order valence-electron chi connectivity index (χ4n) is 1.09. The predicted molar refractivity (Wildman–Crippen MR) is 58.7 cm³/mol. The molecule has 1 atom stereocenters. The van der Waals surface area contributed by atoms with Gasteiger partial charge in [0.1, 0.15) is 6.10 Å². The number of hydrogen-bond donors (Lipinski definition) is 3. The van der Waals surface area contributed by atoms with Gasteiger partial charge in [0.15, 0.2) is 0 Å². The number of nitriles is 1. The van der Waals surface area contributed by atoms with Crippen molar-refractivity contribution in [1.82, 2.24) is 5.32 Å². The van der Waals surface area contributed by atoms with Gasteiger partial charge in [-0.2, -0.15) is 5.26 Å². The summed E-state index contributed by atoms with van der Waals surface area (Å²) in [6, 6.07) is 7.88. The van der Waals surface area contributed by atoms with E-state index >= 15 is 0 Å². The van der Waals surface area contributed by atoms with E-state index in [1.165, 1.54) is 24.3 Å². The van der Waals surface area contributed by atoms with Crippen LogP contribution in [0.25, 0.3) is 0 Å². The Morgan fingerprint density at radius 1 is 1.41 bits per heavy atom. The number of aliphatic hydroxyl groups excluding tert-OH is 1. The molecule has 1 aromatic carbocycles. The summed E-state index contributed by atoms with van der Waals surface area (Å²) in [6.45, 7) is -0.242. The van der Waals surface area contributed by atoms with Crippen molar-refractivity contribution in [3.8, 4) is 6.07 Å². The molecule has 88 valence electrons. The Bertz CT molecular complexity index is 462. The van der Waals surface area contributed by atoms with Gasteiger partial charge in [-0.1, -0.05) is 0 Å². The average molecular weight is 233 g/mol. The highest BCUT2D eigenvalue weighted by Gasteiger charge is 2.12. The first-order chi connectivity index (χ1) is 8.04. The third-order valence-corrected chi connectivity index (χ3v) is 2.06. The van der Waals surface area contributed by atoms with Crippen LogP contribution in [-0.4, -0.2) is 29.6 Å². The average Bonchev–Trinajstić information content (AvgIpc) is 2.35. The highest BCUT2D eigenvalue weighted by Crippen LogP contribution is 2.02. The number of carbonyl (C=O) groups is 2. The second kappa shape index (κ2) is 5.63. The van der Waals surface area contributed by atoms with Crippen LogP contribution in [0.1, 0.15) is 15.9 Å². The lowest BCUT2D eigenvalue weighted by Crippen LogP contribution is -2.39. The first kappa shape index (κ1) is 12.7. The molecule has 0 bridgehead atoms. The lowest BCUT2D eigenvalue weighted by atomic mass is 10.1. The van der Waals surface area contributed by atoms with Crippen molar-refractivity contribution < 1.29 is 14.7 Å². The van der Waals surface area contributed by atoms with E-state index in [9.17, 15) is 9.59 Å². The van der Waals surface area contributed by atoms with Gasteiger partial charge >= 0.3 is 0 Å². The Labute approximate surface area is 97.7 Å². The standard InChI is InChI=1S/C11H11N3O3/c12-5-7-1-3-8(4-2-7)11(17)14-6-9(15)10(13)16/h1-4,9,15H,6H2,(H2,13,16)(H,14,17). The van der Waals surface area contributed by atoms with E-state index in [1.807, 2.05) is 6.07 Å². The van der Waals surface area contributed by atoms with E-state index in [1.54, 1.807) is 0 Å². The maximum absolute atomic E-state index is 11.5. The molecule has 0 aliphatic heterocycles. The number of benzene rings is 1. The summed E-state index contributed by atoms with van der Waals surface area (Å²) < 4.78 is 0. The smallest absolute Gasteiger partial charge is 0.251 e. The van der Waals surface area contributed by atoms with Crippen molar-refractivity contribution in [3.63, 3.8) is 0 Å². The predicted octanol–water partition coefficient (Wildman–Crippen LogP) is -0.866. The molecule has 0 fully saturated rings. The summed E-state index contributed by atoms with van der Waals surface area (Å²) in [4.78, 5) is 22.0. The van der Waals surface area contributed by atoms with Gasteiger partial charge in [0.25, 0.3) is 5.91 Å². The Morgan fingerprint density at radius 2 is 2.00 bits per heavy atom. The summed E-state index contributed by atoms with van der Waals surface area (Å²) in [5, 5.41) is 20.0. The van der Waals surface area contributed by atoms with E-state index in [4.69, 9.17) is 16.1 Å². The number of carbonyl (C=O) groups excluding carboxylic acids is 2. The van der Waals surface area contributed by atoms with E-state index in [2.05, 4.69) is 5.32 Å². The number of nitrogens with one attached hydrogen (secondary N) is 1. The van der Waals surface area contributed by atoms with Crippen molar-refractivity contribution in [1.29, 1.82) is 5.26 Å². The van der Waals surface area contributed by atoms with Gasteiger partial charge in [0.2, 0.25) is 5.91 Å². The number of aliphatic hydroxyl groups is 1. The summed E-state index contributed by atoms with van der Waals surface area (Å²) >= 11 is 0. The molecule has 17 heavy (non-hydrogen) atoms. The minimum Gasteiger partial charge on any atom is -0.381 e. The van der Waals surface area contributed by atoms with Crippen molar-refractivity contribution in [3.05, 3.63) is 35.4 Å². The zero-order valence-corrected chi connectivity index (χ0v) is 8.88. The maximum Gasteiger partial charge on any atom is 0.251 e. The molecule has 0 heterocycles. The molecular formula is C11H11N3O3. The summed E-state index contributed by atoms with van der Waals surface area (Å²) in [7, 11) is 0. The SMILES string of the molecule is N#Cc1ccc(C(=O)NCC(O)C(N)=O)cc1. The number of nitrogens with two attached hydrogens (primary N) is 1. The Balaban J connectivity index is 2.58. The molecule has 0 aliphatic carbocycles. The number of amides is 2. The van der Waals surface area contributed by atoms with Crippen LogP contribution in [0, 0.1) is 11.3 Å². The van der Waals surface area contributed by atoms with Crippen LogP contribution in [0.5, 0.6) is 0 Å². The Kier molecular flexibility index (Phi) is 4.20. The van der Waals surface area contributed by atoms with Gasteiger partial charge in [-0.05, 0) is 24.3 Å². The second-order valence-corrected chi connectivity index (χ2v) is 3.32. The minimum atomic E-state index is -1.41. The molecule has 0 aliphatic rings. The highest BCUT2D eigenvalue weighted by molar-refractivity contribution is 5.94. The van der Waals surface area contributed by atoms with Crippen molar-refractivity contribution in [2.24, 2.45) is 5.73 Å². The van der Waals surface area contributed by atoms with Crippen LogP contribution in [-0.2, 0) is 4.79 Å². The third-order valence-electron chi connectivity index (χ3n) is 2.06. The van der Waals surface area contributed by atoms with Gasteiger partial charge in [-0.15, -0.1) is 0 Å². The normalized spacial score (nSPS) is 11.3. The molecule has 1 aromatic rings. The summed E-state index contributed by atoms with van der Waals surface area (Å²) in [5.41, 5.74) is 5.60. The third kappa shape index (κ3) is 3.59. The zero-order chi connectivity index (χ0) is 12.8. The lowest BCUT2D eigenvalue weighted by Gasteiger charge is -2.08. The quantitative estimate of drug-likeness (QED) is 0.627. The Morgan fingerprint density at radius 3 is 2.47 bits per heavy atom. The van der Waals surface area contributed by atoms with E-state index in [-0.39, 0.29) is 6.54 Å². The number of hydrogen-bond acceptors (Lipinski definition) is 4. The molecule has 0 radical (unpaired) electrons. The molecule has 2 amide bonds. The fourth-order valence-corrected chi connectivity index (χ4v) is 1.09. The van der Waals surface area contributed by atoms with Crippen LogP contribution >= 0.6 is 0 Å². The zero-order valence-electron chi connectivity index (χ0n) is 8.88. The molecule has 0 saturated carbocycles. The first-order valence-corrected chi connectivity index (χ1v) is 4.80. The van der Waals surface area contributed by atoms with Gasteiger partial charge in [-0.3, -0.25) is 9.59 Å². The highest BCUT2D eigenvalue weighted by atomic mass is 16.3. The largest absolute Gasteiger partial charge is 0.381 e. The monoisotopic (exact) mass is 233 g/mol. The molecule has 0 saturated heterocycles. The van der Waals surface area contributed by atoms with Crippen LogP contribution in [0.4, 0.5) is 0 Å². The molecule has 0 spiro atoms. The summed E-state index contributed by atoms with van der Waals surface area (Å²) in [6.07, 6.45) is -1.41. The fraction of sp³-hybridized carbons (Fsp3) is 0.182. The number of rotatable bonds is 4. The van der Waals surface area contributed by atoms with Gasteiger partial charge < -0.3 is 16.2 Å². The molecule has 4 N–H and O–H groups in total. The van der Waals surface area contributed by atoms with Crippen LogP contribution in [0.15, 0.2) is 24.3 Å². The number of primary amides is 1. The summed E-state index contributed by atoms with van der Waals surface area (Å²) in [5.74, 6) is -1.35. The van der Waals surface area contributed by atoms with Gasteiger partial charge in [-0.25, -0.2) is 0 Å². The van der Waals surface area contributed by atoms with Crippen molar-refractivity contribution in [2.45, 2.75) is 6.10 Å². The molecular weight excluding hydrogens is 222 g/mol. The second-order valence-electron chi connectivity index (χ2n) is 3.32. The molecule has 1 rings (SSSR count). The molecule has 1 unspecified atom stereocenters. The van der Waals surface area contributed by atoms with Gasteiger partial charge in [0, 0.05) is 5.56 Å². The lowest BCUT2D eigenvalue weighted by molar-refractivity contribution is -0.125.